The molecule has 1 N–H and O–H groups in total. The van der Waals surface area contributed by atoms with Gasteiger partial charge in [0.1, 0.15) is 5.75 Å². The maximum atomic E-state index is 12.4. The number of carbonyl (C=O) groups is 1. The molecule has 9 nitrogen and oxygen atoms in total. The Morgan fingerprint density at radius 2 is 1.86 bits per heavy atom. The minimum absolute atomic E-state index is 0.0401. The molecule has 0 bridgehead atoms. The molecule has 10 heteroatoms. The van der Waals surface area contributed by atoms with Crippen molar-refractivity contribution in [3.8, 4) is 17.2 Å². The second kappa shape index (κ2) is 8.41. The van der Waals surface area contributed by atoms with Gasteiger partial charge in [0.25, 0.3) is 5.89 Å². The molecule has 29 heavy (non-hydrogen) atoms. The maximum absolute atomic E-state index is 12.4. The first-order chi connectivity index (χ1) is 13.8. The van der Waals surface area contributed by atoms with Crippen LogP contribution in [0.2, 0.25) is 0 Å². The topological polar surface area (TPSA) is 121 Å². The summed E-state index contributed by atoms with van der Waals surface area (Å²) in [7, 11) is -0.816. The van der Waals surface area contributed by atoms with Crippen molar-refractivity contribution in [2.75, 3.05) is 14.2 Å². The van der Waals surface area contributed by atoms with Gasteiger partial charge < -0.3 is 13.9 Å². The summed E-state index contributed by atoms with van der Waals surface area (Å²) in [5.74, 6) is 0.365. The number of sulfonamides is 1. The van der Waals surface area contributed by atoms with E-state index in [2.05, 4.69) is 14.9 Å². The normalized spacial score (nSPS) is 12.4. The molecule has 1 aromatic heterocycles. The van der Waals surface area contributed by atoms with Gasteiger partial charge in [0.05, 0.1) is 17.6 Å². The molecular formula is C19H19N3O6S. The van der Waals surface area contributed by atoms with Crippen LogP contribution in [0.4, 0.5) is 0 Å². The molecule has 0 amide bonds. The number of methoxy groups -OCH3 is 1. The number of nitrogens with one attached hydrogen (secondary N) is 1. The Hall–Kier alpha value is -3.24. The van der Waals surface area contributed by atoms with E-state index in [0.29, 0.717) is 11.3 Å². The summed E-state index contributed by atoms with van der Waals surface area (Å²) in [5.41, 5.74) is 0.774. The monoisotopic (exact) mass is 417 g/mol. The summed E-state index contributed by atoms with van der Waals surface area (Å²) < 4.78 is 42.0. The molecule has 0 fully saturated rings. The Balaban J connectivity index is 1.73. The van der Waals surface area contributed by atoms with Crippen LogP contribution >= 0.6 is 0 Å². The van der Waals surface area contributed by atoms with Gasteiger partial charge in [-0.05, 0) is 56.4 Å². The molecule has 0 spiro atoms. The number of esters is 1. The van der Waals surface area contributed by atoms with Crippen molar-refractivity contribution in [1.29, 1.82) is 0 Å². The zero-order chi connectivity index (χ0) is 21.0. The lowest BCUT2D eigenvalue weighted by atomic mass is 10.2. The predicted molar refractivity (Wildman–Crippen MR) is 103 cm³/mol. The number of carbonyl (C=O) groups excluding carboxylic acids is 1. The third-order valence-corrected chi connectivity index (χ3v) is 5.47. The lowest BCUT2D eigenvalue weighted by Gasteiger charge is -2.10. The minimum atomic E-state index is -3.67. The van der Waals surface area contributed by atoms with E-state index in [9.17, 15) is 13.2 Å². The Morgan fingerprint density at radius 3 is 2.52 bits per heavy atom. The largest absolute Gasteiger partial charge is 0.497 e. The van der Waals surface area contributed by atoms with Gasteiger partial charge in [-0.3, -0.25) is 0 Å². The highest BCUT2D eigenvalue weighted by molar-refractivity contribution is 7.89. The molecule has 0 saturated heterocycles. The molecule has 3 aromatic rings. The fraction of sp³-hybridized carbons (Fsp3) is 0.211. The van der Waals surface area contributed by atoms with E-state index in [-0.39, 0.29) is 22.2 Å². The first kappa shape index (κ1) is 20.5. The van der Waals surface area contributed by atoms with Gasteiger partial charge in [0.2, 0.25) is 15.9 Å². The summed E-state index contributed by atoms with van der Waals surface area (Å²) in [6.45, 7) is 1.58. The molecule has 3 rings (SSSR count). The number of rotatable bonds is 7. The molecule has 0 radical (unpaired) electrons. The first-order valence-corrected chi connectivity index (χ1v) is 10.0. The van der Waals surface area contributed by atoms with E-state index in [1.807, 2.05) is 0 Å². The highest BCUT2D eigenvalue weighted by Gasteiger charge is 2.21. The number of hydrogen-bond acceptors (Lipinski definition) is 8. The van der Waals surface area contributed by atoms with Crippen LogP contribution in [0.15, 0.2) is 57.8 Å². The van der Waals surface area contributed by atoms with Gasteiger partial charge in [-0.1, -0.05) is 6.07 Å². The van der Waals surface area contributed by atoms with E-state index in [0.717, 1.165) is 0 Å². The zero-order valence-corrected chi connectivity index (χ0v) is 16.8. The molecule has 0 unspecified atom stereocenters. The van der Waals surface area contributed by atoms with Crippen LogP contribution < -0.4 is 9.46 Å². The molecular weight excluding hydrogens is 398 g/mol. The van der Waals surface area contributed by atoms with Crippen LogP contribution in [0.25, 0.3) is 11.5 Å². The van der Waals surface area contributed by atoms with Crippen molar-refractivity contribution in [3.63, 3.8) is 0 Å². The number of aromatic nitrogens is 2. The zero-order valence-electron chi connectivity index (χ0n) is 15.9. The lowest BCUT2D eigenvalue weighted by Crippen LogP contribution is -2.19. The van der Waals surface area contributed by atoms with Crippen molar-refractivity contribution in [1.82, 2.24) is 14.9 Å². The van der Waals surface area contributed by atoms with Crippen molar-refractivity contribution < 1.29 is 27.1 Å². The SMILES string of the molecule is CNS(=O)(=O)c1cccc(C(=O)O[C@H](C)c2nnc(-c3ccc(OC)cc3)o2)c1. The van der Waals surface area contributed by atoms with Crippen LogP contribution in [0.5, 0.6) is 5.75 Å². The van der Waals surface area contributed by atoms with Crippen molar-refractivity contribution in [2.45, 2.75) is 17.9 Å². The summed E-state index contributed by atoms with van der Waals surface area (Å²) >= 11 is 0. The van der Waals surface area contributed by atoms with Crippen molar-refractivity contribution >= 4 is 16.0 Å². The van der Waals surface area contributed by atoms with Crippen molar-refractivity contribution in [2.24, 2.45) is 0 Å². The fourth-order valence-corrected chi connectivity index (χ4v) is 3.21. The number of hydrogen-bond donors (Lipinski definition) is 1. The molecule has 1 heterocycles. The summed E-state index contributed by atoms with van der Waals surface area (Å²) in [4.78, 5) is 12.4. The minimum Gasteiger partial charge on any atom is -0.497 e. The quantitative estimate of drug-likeness (QED) is 0.582. The highest BCUT2D eigenvalue weighted by Crippen LogP contribution is 2.25. The van der Waals surface area contributed by atoms with E-state index >= 15 is 0 Å². The molecule has 1 atom stereocenters. The molecule has 2 aromatic carbocycles. The average molecular weight is 417 g/mol. The predicted octanol–water partition coefficient (Wildman–Crippen LogP) is 2.57. The third kappa shape index (κ3) is 4.61. The molecule has 0 aliphatic carbocycles. The Kier molecular flexibility index (Phi) is 5.95. The molecule has 0 saturated carbocycles. The van der Waals surface area contributed by atoms with Gasteiger partial charge in [0, 0.05) is 5.56 Å². The van der Waals surface area contributed by atoms with Crippen LogP contribution in [0, 0.1) is 0 Å². The second-order valence-corrected chi connectivity index (χ2v) is 7.84. The molecule has 0 aliphatic rings. The highest BCUT2D eigenvalue weighted by atomic mass is 32.2. The van der Waals surface area contributed by atoms with E-state index in [1.54, 1.807) is 38.3 Å². The number of ether oxygens (including phenoxy) is 2. The van der Waals surface area contributed by atoms with Crippen LogP contribution in [0.1, 0.15) is 29.3 Å². The fourth-order valence-electron chi connectivity index (χ4n) is 2.44. The Labute approximate surface area is 167 Å². The van der Waals surface area contributed by atoms with Gasteiger partial charge in [-0.2, -0.15) is 0 Å². The average Bonchev–Trinajstić information content (AvgIpc) is 3.24. The van der Waals surface area contributed by atoms with Crippen molar-refractivity contribution in [3.05, 3.63) is 60.0 Å². The molecule has 152 valence electrons. The smallest absolute Gasteiger partial charge is 0.338 e. The first-order valence-electron chi connectivity index (χ1n) is 8.56. The number of nitrogens with zero attached hydrogens (tertiary/aromatic N) is 2. The Morgan fingerprint density at radius 1 is 1.14 bits per heavy atom. The maximum Gasteiger partial charge on any atom is 0.338 e. The third-order valence-electron chi connectivity index (χ3n) is 4.06. The van der Waals surface area contributed by atoms with Gasteiger partial charge in [-0.25, -0.2) is 17.9 Å². The standard InChI is InChI=1S/C19H19N3O6S/c1-12(17-21-22-18(28-17)13-7-9-15(26-3)10-8-13)27-19(23)14-5-4-6-16(11-14)29(24,25)20-2/h4-12,20H,1-3H3/t12-/m1/s1. The molecule has 0 aliphatic heterocycles. The summed E-state index contributed by atoms with van der Waals surface area (Å²) in [6, 6.07) is 12.6. The van der Waals surface area contributed by atoms with E-state index in [1.165, 1.54) is 31.3 Å². The van der Waals surface area contributed by atoms with Crippen LogP contribution in [-0.4, -0.2) is 38.7 Å². The van der Waals surface area contributed by atoms with E-state index < -0.39 is 22.1 Å². The number of benzene rings is 2. The van der Waals surface area contributed by atoms with Gasteiger partial charge in [-0.15, -0.1) is 10.2 Å². The second-order valence-electron chi connectivity index (χ2n) is 5.96. The van der Waals surface area contributed by atoms with Gasteiger partial charge in [0.15, 0.2) is 6.10 Å². The Bertz CT molecular complexity index is 1110. The lowest BCUT2D eigenvalue weighted by molar-refractivity contribution is 0.0279. The van der Waals surface area contributed by atoms with Crippen LogP contribution in [0.3, 0.4) is 0 Å². The van der Waals surface area contributed by atoms with Gasteiger partial charge >= 0.3 is 5.97 Å². The summed E-state index contributed by atoms with van der Waals surface area (Å²) in [5, 5.41) is 7.89. The van der Waals surface area contributed by atoms with E-state index in [4.69, 9.17) is 13.9 Å². The van der Waals surface area contributed by atoms with Crippen LogP contribution in [-0.2, 0) is 14.8 Å². The summed E-state index contributed by atoms with van der Waals surface area (Å²) in [6.07, 6.45) is -0.827.